The Hall–Kier alpha value is -2.30. The van der Waals surface area contributed by atoms with Crippen LogP contribution in [0.1, 0.15) is 12.8 Å². The van der Waals surface area contributed by atoms with Gasteiger partial charge < -0.3 is 15.0 Å². The zero-order valence-electron chi connectivity index (χ0n) is 14.0. The molecule has 0 aliphatic carbocycles. The number of carbonyl (C=O) groups excluding carboxylic acids is 2. The van der Waals surface area contributed by atoms with E-state index in [0.717, 1.165) is 12.1 Å². The van der Waals surface area contributed by atoms with E-state index in [2.05, 4.69) is 10.1 Å². The van der Waals surface area contributed by atoms with Crippen LogP contribution in [-0.2, 0) is 19.4 Å². The van der Waals surface area contributed by atoms with Gasteiger partial charge in [0.1, 0.15) is 5.75 Å². The highest BCUT2D eigenvalue weighted by Crippen LogP contribution is 2.28. The number of alkyl halides is 3. The van der Waals surface area contributed by atoms with Gasteiger partial charge >= 0.3 is 6.36 Å². The van der Waals surface area contributed by atoms with Crippen LogP contribution in [0.15, 0.2) is 24.3 Å². The number of nitrogens with zero attached hydrogens (tertiary/aromatic N) is 1. The van der Waals surface area contributed by atoms with E-state index in [1.807, 2.05) is 0 Å². The zero-order chi connectivity index (χ0) is 19.8. The molecule has 2 saturated heterocycles. The predicted octanol–water partition coefficient (Wildman–Crippen LogP) is 1.56. The van der Waals surface area contributed by atoms with Crippen molar-refractivity contribution in [1.29, 1.82) is 0 Å². The first kappa shape index (κ1) is 19.5. The number of benzene rings is 1. The topological polar surface area (TPSA) is 92.8 Å². The van der Waals surface area contributed by atoms with Crippen molar-refractivity contribution in [2.75, 3.05) is 23.4 Å². The lowest BCUT2D eigenvalue weighted by atomic mass is 10.1. The van der Waals surface area contributed by atoms with Gasteiger partial charge in [-0.3, -0.25) is 9.59 Å². The van der Waals surface area contributed by atoms with Gasteiger partial charge in [0.25, 0.3) is 0 Å². The third kappa shape index (κ3) is 4.90. The monoisotopic (exact) mass is 406 g/mol. The Morgan fingerprint density at radius 1 is 1.30 bits per heavy atom. The number of amides is 2. The van der Waals surface area contributed by atoms with E-state index in [-0.39, 0.29) is 36.1 Å². The molecule has 0 saturated carbocycles. The Kier molecular flexibility index (Phi) is 5.06. The van der Waals surface area contributed by atoms with E-state index >= 15 is 0 Å². The molecule has 0 radical (unpaired) electrons. The fourth-order valence-electron chi connectivity index (χ4n) is 3.30. The van der Waals surface area contributed by atoms with Crippen LogP contribution in [0.3, 0.4) is 0 Å². The summed E-state index contributed by atoms with van der Waals surface area (Å²) >= 11 is 0. The standard InChI is InChI=1S/C16H17F3N2O5S/c17-16(18,19)26-13-3-1-2-11(7-13)20-15(23)10-6-14(22)21(8-10)12-4-5-27(24,25)9-12/h1-3,7,10,12H,4-6,8-9H2,(H,20,23). The van der Waals surface area contributed by atoms with E-state index in [1.54, 1.807) is 0 Å². The van der Waals surface area contributed by atoms with Crippen molar-refractivity contribution in [3.05, 3.63) is 24.3 Å². The molecule has 0 aromatic heterocycles. The summed E-state index contributed by atoms with van der Waals surface area (Å²) in [5.74, 6) is -2.08. The fraction of sp³-hybridized carbons (Fsp3) is 0.500. The molecule has 2 aliphatic rings. The lowest BCUT2D eigenvalue weighted by Crippen LogP contribution is -2.38. The van der Waals surface area contributed by atoms with Crippen LogP contribution in [0.4, 0.5) is 18.9 Å². The van der Waals surface area contributed by atoms with E-state index in [4.69, 9.17) is 0 Å². The van der Waals surface area contributed by atoms with Crippen LogP contribution in [0.25, 0.3) is 0 Å². The summed E-state index contributed by atoms with van der Waals surface area (Å²) < 4.78 is 63.8. The van der Waals surface area contributed by atoms with Crippen molar-refractivity contribution in [2.24, 2.45) is 5.92 Å². The first-order chi connectivity index (χ1) is 12.5. The van der Waals surface area contributed by atoms with E-state index in [9.17, 15) is 31.2 Å². The van der Waals surface area contributed by atoms with E-state index in [0.29, 0.717) is 6.42 Å². The minimum Gasteiger partial charge on any atom is -0.406 e. The largest absolute Gasteiger partial charge is 0.573 e. The van der Waals surface area contributed by atoms with Gasteiger partial charge in [-0.15, -0.1) is 13.2 Å². The maximum atomic E-state index is 12.4. The lowest BCUT2D eigenvalue weighted by molar-refractivity contribution is -0.274. The second kappa shape index (κ2) is 7.02. The highest BCUT2D eigenvalue weighted by molar-refractivity contribution is 7.91. The molecule has 3 rings (SSSR count). The van der Waals surface area contributed by atoms with Crippen molar-refractivity contribution in [1.82, 2.24) is 4.90 Å². The van der Waals surface area contributed by atoms with Gasteiger partial charge in [-0.1, -0.05) is 6.07 Å². The number of nitrogens with one attached hydrogen (secondary N) is 1. The first-order valence-electron chi connectivity index (χ1n) is 8.19. The summed E-state index contributed by atoms with van der Waals surface area (Å²) in [7, 11) is -3.16. The molecule has 1 aromatic carbocycles. The smallest absolute Gasteiger partial charge is 0.406 e. The number of anilines is 1. The molecule has 7 nitrogen and oxygen atoms in total. The normalized spacial score (nSPS) is 24.9. The molecule has 2 amide bonds. The molecule has 148 valence electrons. The van der Waals surface area contributed by atoms with Crippen molar-refractivity contribution in [3.8, 4) is 5.75 Å². The molecule has 0 bridgehead atoms. The van der Waals surface area contributed by atoms with E-state index in [1.165, 1.54) is 17.0 Å². The Morgan fingerprint density at radius 3 is 2.67 bits per heavy atom. The molecule has 1 aromatic rings. The number of hydrogen-bond acceptors (Lipinski definition) is 5. The molecule has 2 aliphatic heterocycles. The lowest BCUT2D eigenvalue weighted by Gasteiger charge is -2.23. The summed E-state index contributed by atoms with van der Waals surface area (Å²) in [6.45, 7) is 0.0869. The molecule has 1 N–H and O–H groups in total. The van der Waals surface area contributed by atoms with Crippen LogP contribution >= 0.6 is 0 Å². The molecule has 11 heteroatoms. The molecule has 2 unspecified atom stereocenters. The molecule has 2 atom stereocenters. The number of likely N-dealkylation sites (tertiary alicyclic amines) is 1. The average Bonchev–Trinajstić information content (AvgIpc) is 3.08. The Balaban J connectivity index is 1.62. The van der Waals surface area contributed by atoms with Gasteiger partial charge in [-0.25, -0.2) is 8.42 Å². The zero-order valence-corrected chi connectivity index (χ0v) is 14.8. The summed E-state index contributed by atoms with van der Waals surface area (Å²) in [4.78, 5) is 25.9. The number of ether oxygens (including phenoxy) is 1. The number of hydrogen-bond donors (Lipinski definition) is 1. The van der Waals surface area contributed by atoms with Crippen LogP contribution in [0.2, 0.25) is 0 Å². The summed E-state index contributed by atoms with van der Waals surface area (Å²) in [6.07, 6.45) is -4.57. The number of halogens is 3. The minimum absolute atomic E-state index is 0.0182. The maximum Gasteiger partial charge on any atom is 0.573 e. The minimum atomic E-state index is -4.84. The van der Waals surface area contributed by atoms with Crippen LogP contribution in [0.5, 0.6) is 5.75 Å². The van der Waals surface area contributed by atoms with Crippen molar-refractivity contribution < 1.29 is 35.9 Å². The van der Waals surface area contributed by atoms with Gasteiger partial charge in [0.05, 0.1) is 17.4 Å². The molecular weight excluding hydrogens is 389 g/mol. The highest BCUT2D eigenvalue weighted by Gasteiger charge is 2.42. The summed E-state index contributed by atoms with van der Waals surface area (Å²) in [5, 5.41) is 2.47. The number of rotatable bonds is 4. The van der Waals surface area contributed by atoms with Gasteiger partial charge in [-0.2, -0.15) is 0 Å². The van der Waals surface area contributed by atoms with Gasteiger partial charge in [0.15, 0.2) is 9.84 Å². The molecular formula is C16H17F3N2O5S. The SMILES string of the molecule is O=C(Nc1cccc(OC(F)(F)F)c1)C1CC(=O)N(C2CCS(=O)(=O)C2)C1. The van der Waals surface area contributed by atoms with Gasteiger partial charge in [0, 0.05) is 30.8 Å². The fourth-order valence-corrected chi connectivity index (χ4v) is 5.03. The summed E-state index contributed by atoms with van der Waals surface area (Å²) in [6, 6.07) is 4.41. The molecule has 2 fully saturated rings. The van der Waals surface area contributed by atoms with Crippen molar-refractivity contribution in [2.45, 2.75) is 25.2 Å². The Bertz CT molecular complexity index is 856. The third-order valence-electron chi connectivity index (χ3n) is 4.51. The second-order valence-corrected chi connectivity index (χ2v) is 8.80. The molecule has 0 spiro atoms. The van der Waals surface area contributed by atoms with Gasteiger partial charge in [0.2, 0.25) is 11.8 Å². The molecule has 2 heterocycles. The summed E-state index contributed by atoms with van der Waals surface area (Å²) in [5.41, 5.74) is 0.107. The first-order valence-corrected chi connectivity index (χ1v) is 10.0. The third-order valence-corrected chi connectivity index (χ3v) is 6.26. The van der Waals surface area contributed by atoms with Crippen LogP contribution in [0, 0.1) is 5.92 Å². The Morgan fingerprint density at radius 2 is 2.04 bits per heavy atom. The second-order valence-electron chi connectivity index (χ2n) is 6.57. The predicted molar refractivity (Wildman–Crippen MR) is 88.6 cm³/mol. The van der Waals surface area contributed by atoms with Crippen LogP contribution in [-0.4, -0.2) is 55.6 Å². The highest BCUT2D eigenvalue weighted by atomic mass is 32.2. The number of sulfone groups is 1. The maximum absolute atomic E-state index is 12.4. The molecule has 27 heavy (non-hydrogen) atoms. The van der Waals surface area contributed by atoms with Crippen molar-refractivity contribution >= 4 is 27.3 Å². The van der Waals surface area contributed by atoms with Crippen molar-refractivity contribution in [3.63, 3.8) is 0 Å². The Labute approximate surface area is 153 Å². The quantitative estimate of drug-likeness (QED) is 0.819. The van der Waals surface area contributed by atoms with Crippen LogP contribution < -0.4 is 10.1 Å². The number of carbonyl (C=O) groups is 2. The average molecular weight is 406 g/mol. The van der Waals surface area contributed by atoms with E-state index < -0.39 is 39.8 Å². The van der Waals surface area contributed by atoms with Gasteiger partial charge in [-0.05, 0) is 18.6 Å².